The summed E-state index contributed by atoms with van der Waals surface area (Å²) in [6.45, 7) is 0.206. The van der Waals surface area contributed by atoms with Crippen LogP contribution in [0.4, 0.5) is 5.69 Å². The van der Waals surface area contributed by atoms with E-state index in [0.717, 1.165) is 22.3 Å². The van der Waals surface area contributed by atoms with Crippen molar-refractivity contribution in [1.82, 2.24) is 0 Å². The van der Waals surface area contributed by atoms with Crippen LogP contribution in [0.15, 0.2) is 23.1 Å². The molecule has 3 heteroatoms. The molecule has 0 saturated heterocycles. The van der Waals surface area contributed by atoms with E-state index in [1.54, 1.807) is 11.8 Å². The number of thioether (sulfide) groups is 1. The van der Waals surface area contributed by atoms with E-state index in [0.29, 0.717) is 0 Å². The summed E-state index contributed by atoms with van der Waals surface area (Å²) < 4.78 is 0. The molecule has 1 aromatic rings. The fourth-order valence-corrected chi connectivity index (χ4v) is 3.29. The highest BCUT2D eigenvalue weighted by Gasteiger charge is 2.16. The first-order valence-electron chi connectivity index (χ1n) is 6.44. The quantitative estimate of drug-likeness (QED) is 0.637. The van der Waals surface area contributed by atoms with E-state index in [1.807, 2.05) is 6.07 Å². The monoisotopic (exact) mass is 251 g/mol. The van der Waals surface area contributed by atoms with Crippen LogP contribution in [0, 0.1) is 0 Å². The second kappa shape index (κ2) is 6.31. The van der Waals surface area contributed by atoms with Crippen LogP contribution in [0.3, 0.4) is 0 Å². The van der Waals surface area contributed by atoms with E-state index in [1.165, 1.54) is 37.7 Å². The van der Waals surface area contributed by atoms with Crippen LogP contribution in [0.1, 0.15) is 43.6 Å². The molecule has 2 nitrogen and oxygen atoms in total. The van der Waals surface area contributed by atoms with Gasteiger partial charge in [0.05, 0.1) is 6.61 Å². The van der Waals surface area contributed by atoms with Gasteiger partial charge in [-0.05, 0) is 36.5 Å². The van der Waals surface area contributed by atoms with Gasteiger partial charge in [-0.15, -0.1) is 11.8 Å². The van der Waals surface area contributed by atoms with Crippen molar-refractivity contribution in [2.75, 3.05) is 18.1 Å². The van der Waals surface area contributed by atoms with Crippen molar-refractivity contribution in [2.45, 2.75) is 42.9 Å². The molecule has 1 aromatic carbocycles. The van der Waals surface area contributed by atoms with E-state index in [4.69, 9.17) is 10.8 Å². The molecule has 0 heterocycles. The van der Waals surface area contributed by atoms with E-state index in [2.05, 4.69) is 12.1 Å². The highest BCUT2D eigenvalue weighted by Crippen LogP contribution is 2.35. The Morgan fingerprint density at radius 1 is 1.24 bits per heavy atom. The molecule has 3 N–H and O–H groups in total. The number of hydrogen-bond acceptors (Lipinski definition) is 3. The van der Waals surface area contributed by atoms with Gasteiger partial charge in [0.15, 0.2) is 0 Å². The smallest absolute Gasteiger partial charge is 0.0525 e. The van der Waals surface area contributed by atoms with Crippen LogP contribution in [-0.2, 0) is 0 Å². The predicted molar refractivity (Wildman–Crippen MR) is 74.5 cm³/mol. The lowest BCUT2D eigenvalue weighted by Crippen LogP contribution is -2.05. The van der Waals surface area contributed by atoms with Crippen molar-refractivity contribution in [3.63, 3.8) is 0 Å². The van der Waals surface area contributed by atoms with Gasteiger partial charge in [-0.3, -0.25) is 0 Å². The number of benzene rings is 1. The fraction of sp³-hybridized carbons (Fsp3) is 0.571. The Bertz CT molecular complexity index is 361. The van der Waals surface area contributed by atoms with Crippen LogP contribution in [0.25, 0.3) is 0 Å². The average Bonchev–Trinajstić information content (AvgIpc) is 2.39. The molecule has 1 fully saturated rings. The number of anilines is 1. The Morgan fingerprint density at radius 3 is 2.71 bits per heavy atom. The normalized spacial score (nSPS) is 17.2. The molecule has 0 spiro atoms. The molecule has 0 aliphatic heterocycles. The maximum Gasteiger partial charge on any atom is 0.0525 e. The molecule has 0 aromatic heterocycles. The molecule has 2 rings (SSSR count). The summed E-state index contributed by atoms with van der Waals surface area (Å²) in [5.41, 5.74) is 8.22. The van der Waals surface area contributed by atoms with Gasteiger partial charge in [0.25, 0.3) is 0 Å². The summed E-state index contributed by atoms with van der Waals surface area (Å²) in [5.74, 6) is 1.44. The standard InChI is InChI=1S/C14H21NOS/c15-13-7-6-12(10-14(13)17-9-8-16)11-4-2-1-3-5-11/h6-7,10-11,16H,1-5,8-9,15H2. The van der Waals surface area contributed by atoms with Gasteiger partial charge in [-0.25, -0.2) is 0 Å². The zero-order valence-electron chi connectivity index (χ0n) is 10.2. The lowest BCUT2D eigenvalue weighted by atomic mass is 9.84. The Balaban J connectivity index is 2.11. The summed E-state index contributed by atoms with van der Waals surface area (Å²) in [4.78, 5) is 1.13. The lowest BCUT2D eigenvalue weighted by Gasteiger charge is -2.22. The highest BCUT2D eigenvalue weighted by atomic mass is 32.2. The molecular weight excluding hydrogens is 230 g/mol. The SMILES string of the molecule is Nc1ccc(C2CCCCC2)cc1SCCO. The molecule has 94 valence electrons. The van der Waals surface area contributed by atoms with Crippen molar-refractivity contribution in [1.29, 1.82) is 0 Å². The number of nitrogen functional groups attached to an aromatic ring is 1. The number of rotatable bonds is 4. The third kappa shape index (κ3) is 3.39. The van der Waals surface area contributed by atoms with Crippen LogP contribution >= 0.6 is 11.8 Å². The minimum Gasteiger partial charge on any atom is -0.398 e. The minimum atomic E-state index is 0.206. The molecule has 0 unspecified atom stereocenters. The van der Waals surface area contributed by atoms with Gasteiger partial charge >= 0.3 is 0 Å². The summed E-state index contributed by atoms with van der Waals surface area (Å²) in [5, 5.41) is 8.87. The van der Waals surface area contributed by atoms with Gasteiger partial charge in [-0.1, -0.05) is 25.3 Å². The third-order valence-electron chi connectivity index (χ3n) is 3.46. The van der Waals surface area contributed by atoms with Crippen molar-refractivity contribution < 1.29 is 5.11 Å². The molecule has 1 saturated carbocycles. The molecule has 0 atom stereocenters. The summed E-state index contributed by atoms with van der Waals surface area (Å²) in [6.07, 6.45) is 6.72. The number of hydrogen-bond donors (Lipinski definition) is 2. The van der Waals surface area contributed by atoms with Gasteiger partial charge in [0, 0.05) is 16.3 Å². The first-order valence-corrected chi connectivity index (χ1v) is 7.43. The van der Waals surface area contributed by atoms with Gasteiger partial charge in [-0.2, -0.15) is 0 Å². The van der Waals surface area contributed by atoms with E-state index < -0.39 is 0 Å². The lowest BCUT2D eigenvalue weighted by molar-refractivity contribution is 0.322. The molecule has 17 heavy (non-hydrogen) atoms. The zero-order chi connectivity index (χ0) is 12.1. The average molecular weight is 251 g/mol. The fourth-order valence-electron chi connectivity index (χ4n) is 2.52. The predicted octanol–water partition coefficient (Wildman–Crippen LogP) is 3.40. The van der Waals surface area contributed by atoms with Gasteiger partial charge < -0.3 is 10.8 Å². The molecule has 1 aliphatic rings. The summed E-state index contributed by atoms with van der Waals surface area (Å²) in [7, 11) is 0. The highest BCUT2D eigenvalue weighted by molar-refractivity contribution is 7.99. The van der Waals surface area contributed by atoms with Gasteiger partial charge in [0.2, 0.25) is 0 Å². The Morgan fingerprint density at radius 2 is 2.00 bits per heavy atom. The van der Waals surface area contributed by atoms with Crippen LogP contribution < -0.4 is 5.73 Å². The van der Waals surface area contributed by atoms with E-state index in [-0.39, 0.29) is 6.61 Å². The summed E-state index contributed by atoms with van der Waals surface area (Å²) >= 11 is 1.65. The topological polar surface area (TPSA) is 46.2 Å². The molecule has 0 amide bonds. The van der Waals surface area contributed by atoms with Crippen LogP contribution in [-0.4, -0.2) is 17.5 Å². The van der Waals surface area contributed by atoms with Crippen molar-refractivity contribution in [3.8, 4) is 0 Å². The molecule has 1 aliphatic carbocycles. The maximum atomic E-state index is 8.87. The molecule has 0 radical (unpaired) electrons. The Labute approximate surface area is 108 Å². The van der Waals surface area contributed by atoms with E-state index >= 15 is 0 Å². The molecular formula is C14H21NOS. The van der Waals surface area contributed by atoms with Crippen molar-refractivity contribution in [3.05, 3.63) is 23.8 Å². The molecule has 0 bridgehead atoms. The van der Waals surface area contributed by atoms with Gasteiger partial charge in [0.1, 0.15) is 0 Å². The number of nitrogens with two attached hydrogens (primary N) is 1. The second-order valence-electron chi connectivity index (χ2n) is 4.70. The van der Waals surface area contributed by atoms with E-state index in [9.17, 15) is 0 Å². The van der Waals surface area contributed by atoms with Crippen LogP contribution in [0.2, 0.25) is 0 Å². The third-order valence-corrected chi connectivity index (χ3v) is 4.51. The van der Waals surface area contributed by atoms with Crippen molar-refractivity contribution >= 4 is 17.4 Å². The first kappa shape index (κ1) is 12.8. The van der Waals surface area contributed by atoms with Crippen molar-refractivity contribution in [2.24, 2.45) is 0 Å². The zero-order valence-corrected chi connectivity index (χ0v) is 11.0. The Hall–Kier alpha value is -0.670. The summed E-state index contributed by atoms with van der Waals surface area (Å²) in [6, 6.07) is 6.42. The number of aliphatic hydroxyl groups excluding tert-OH is 1. The van der Waals surface area contributed by atoms with Crippen LogP contribution in [0.5, 0.6) is 0 Å². The Kier molecular flexibility index (Phi) is 4.75. The maximum absolute atomic E-state index is 8.87. The second-order valence-corrected chi connectivity index (χ2v) is 5.84. The first-order chi connectivity index (χ1) is 8.31. The number of aliphatic hydroxyl groups is 1. The largest absolute Gasteiger partial charge is 0.398 e. The minimum absolute atomic E-state index is 0.206.